The van der Waals surface area contributed by atoms with Crippen molar-refractivity contribution in [1.82, 2.24) is 10.3 Å². The van der Waals surface area contributed by atoms with Gasteiger partial charge < -0.3 is 5.32 Å². The lowest BCUT2D eigenvalue weighted by Gasteiger charge is -2.06. The molecule has 1 aliphatic heterocycles. The summed E-state index contributed by atoms with van der Waals surface area (Å²) in [6.45, 7) is 2.36. The third-order valence-corrected chi connectivity index (χ3v) is 3.60. The van der Waals surface area contributed by atoms with Crippen LogP contribution in [-0.4, -0.2) is 23.3 Å². The van der Waals surface area contributed by atoms with Crippen molar-refractivity contribution in [1.29, 1.82) is 0 Å². The van der Waals surface area contributed by atoms with Crippen molar-refractivity contribution in [2.75, 3.05) is 13.1 Å². The number of hydrogen-bond acceptors (Lipinski definition) is 3. The first-order valence-corrected chi connectivity index (χ1v) is 5.71. The van der Waals surface area contributed by atoms with Crippen LogP contribution >= 0.6 is 11.8 Å². The lowest BCUT2D eigenvalue weighted by Crippen LogP contribution is -2.10. The van der Waals surface area contributed by atoms with Crippen LogP contribution in [0, 0.1) is 0 Å². The van der Waals surface area contributed by atoms with E-state index in [1.54, 1.807) is 0 Å². The molecule has 1 N–H and O–H groups in total. The van der Waals surface area contributed by atoms with E-state index in [4.69, 9.17) is 0 Å². The van der Waals surface area contributed by atoms with Crippen LogP contribution in [0.2, 0.25) is 0 Å². The lowest BCUT2D eigenvalue weighted by molar-refractivity contribution is 0.858. The molecule has 0 unspecified atom stereocenters. The summed E-state index contributed by atoms with van der Waals surface area (Å²) in [6, 6.07) is 4.14. The third kappa shape index (κ3) is 2.71. The van der Waals surface area contributed by atoms with E-state index in [2.05, 4.69) is 16.4 Å². The molecule has 1 aliphatic rings. The van der Waals surface area contributed by atoms with Crippen molar-refractivity contribution in [2.24, 2.45) is 0 Å². The lowest BCUT2D eigenvalue weighted by atomic mass is 10.3. The molecule has 0 aliphatic carbocycles. The molecule has 1 aromatic heterocycles. The molecule has 1 fully saturated rings. The molecule has 13 heavy (non-hydrogen) atoms. The summed E-state index contributed by atoms with van der Waals surface area (Å²) < 4.78 is 0. The average molecular weight is 194 g/mol. The van der Waals surface area contributed by atoms with Crippen molar-refractivity contribution in [3.05, 3.63) is 30.1 Å². The van der Waals surface area contributed by atoms with Gasteiger partial charge in [0.1, 0.15) is 0 Å². The molecule has 0 amide bonds. The van der Waals surface area contributed by atoms with E-state index < -0.39 is 0 Å². The van der Waals surface area contributed by atoms with Crippen LogP contribution in [0.25, 0.3) is 0 Å². The van der Waals surface area contributed by atoms with Gasteiger partial charge in [-0.05, 0) is 24.6 Å². The molecule has 2 heterocycles. The van der Waals surface area contributed by atoms with E-state index in [-0.39, 0.29) is 0 Å². The average Bonchev–Trinajstić information content (AvgIpc) is 2.69. The van der Waals surface area contributed by atoms with E-state index in [0.717, 1.165) is 11.0 Å². The van der Waals surface area contributed by atoms with Crippen molar-refractivity contribution < 1.29 is 0 Å². The van der Waals surface area contributed by atoms with E-state index in [9.17, 15) is 0 Å². The number of aromatic nitrogens is 1. The van der Waals surface area contributed by atoms with Crippen molar-refractivity contribution in [2.45, 2.75) is 17.4 Å². The predicted molar refractivity (Wildman–Crippen MR) is 56.8 cm³/mol. The Bertz CT molecular complexity index is 244. The molecule has 1 atom stereocenters. The highest BCUT2D eigenvalue weighted by molar-refractivity contribution is 7.99. The van der Waals surface area contributed by atoms with Gasteiger partial charge >= 0.3 is 0 Å². The zero-order valence-corrected chi connectivity index (χ0v) is 8.39. The Morgan fingerprint density at radius 2 is 2.62 bits per heavy atom. The standard InChI is InChI=1S/C10H14N2S/c1-2-9(6-11-4-1)8-13-10-3-5-12-7-10/h1-2,4,6,10,12H,3,5,7-8H2/t10-/m1/s1. The van der Waals surface area contributed by atoms with Crippen LogP contribution in [0.3, 0.4) is 0 Å². The normalized spacial score (nSPS) is 22.0. The fourth-order valence-corrected chi connectivity index (χ4v) is 2.59. The SMILES string of the molecule is c1cncc(CS[C@@H]2CCNC2)c1. The number of nitrogens with zero attached hydrogens (tertiary/aromatic N) is 1. The summed E-state index contributed by atoms with van der Waals surface area (Å²) in [6.07, 6.45) is 5.09. The van der Waals surface area contributed by atoms with Gasteiger partial charge in [-0.2, -0.15) is 11.8 Å². The van der Waals surface area contributed by atoms with Gasteiger partial charge in [0.05, 0.1) is 0 Å². The first-order valence-electron chi connectivity index (χ1n) is 4.66. The molecule has 0 aromatic carbocycles. The Hall–Kier alpha value is -0.540. The van der Waals surface area contributed by atoms with Crippen molar-refractivity contribution in [3.63, 3.8) is 0 Å². The minimum atomic E-state index is 0.806. The first-order chi connectivity index (χ1) is 6.45. The zero-order chi connectivity index (χ0) is 8.93. The Kier molecular flexibility index (Phi) is 3.22. The minimum absolute atomic E-state index is 0.806. The summed E-state index contributed by atoms with van der Waals surface area (Å²) in [4.78, 5) is 4.10. The maximum atomic E-state index is 4.10. The molecular formula is C10H14N2S. The second-order valence-corrected chi connectivity index (χ2v) is 4.58. The fraction of sp³-hybridized carbons (Fsp3) is 0.500. The van der Waals surface area contributed by atoms with Gasteiger partial charge in [-0.25, -0.2) is 0 Å². The number of nitrogens with one attached hydrogen (secondary N) is 1. The van der Waals surface area contributed by atoms with Crippen LogP contribution in [0.1, 0.15) is 12.0 Å². The van der Waals surface area contributed by atoms with Gasteiger partial charge in [-0.1, -0.05) is 6.07 Å². The molecule has 1 saturated heterocycles. The van der Waals surface area contributed by atoms with Crippen LogP contribution in [0.15, 0.2) is 24.5 Å². The van der Waals surface area contributed by atoms with Gasteiger partial charge in [0, 0.05) is 29.9 Å². The van der Waals surface area contributed by atoms with Crippen LogP contribution in [-0.2, 0) is 5.75 Å². The summed E-state index contributed by atoms with van der Waals surface area (Å²) in [5.41, 5.74) is 1.33. The number of hydrogen-bond donors (Lipinski definition) is 1. The summed E-state index contributed by atoms with van der Waals surface area (Å²) in [5.74, 6) is 1.10. The van der Waals surface area contributed by atoms with Gasteiger partial charge in [0.25, 0.3) is 0 Å². The van der Waals surface area contributed by atoms with E-state index in [1.165, 1.54) is 25.1 Å². The highest BCUT2D eigenvalue weighted by Gasteiger charge is 2.14. The monoisotopic (exact) mass is 194 g/mol. The highest BCUT2D eigenvalue weighted by Crippen LogP contribution is 2.21. The molecule has 1 aromatic rings. The second-order valence-electron chi connectivity index (χ2n) is 3.29. The van der Waals surface area contributed by atoms with Crippen LogP contribution in [0.5, 0.6) is 0 Å². The Morgan fingerprint density at radius 1 is 1.62 bits per heavy atom. The third-order valence-electron chi connectivity index (χ3n) is 2.22. The molecule has 2 rings (SSSR count). The number of pyridine rings is 1. The maximum Gasteiger partial charge on any atom is 0.0308 e. The first kappa shape index (κ1) is 9.03. The van der Waals surface area contributed by atoms with Gasteiger partial charge in [-0.3, -0.25) is 4.98 Å². The van der Waals surface area contributed by atoms with Gasteiger partial charge in [0.15, 0.2) is 0 Å². The van der Waals surface area contributed by atoms with Gasteiger partial charge in [-0.15, -0.1) is 0 Å². The molecule has 0 bridgehead atoms. The minimum Gasteiger partial charge on any atom is -0.316 e. The summed E-state index contributed by atoms with van der Waals surface area (Å²) in [5, 5.41) is 4.18. The fourth-order valence-electron chi connectivity index (χ4n) is 1.47. The molecule has 0 radical (unpaired) electrons. The number of rotatable bonds is 3. The highest BCUT2D eigenvalue weighted by atomic mass is 32.2. The second kappa shape index (κ2) is 4.63. The van der Waals surface area contributed by atoms with E-state index in [1.807, 2.05) is 30.2 Å². The Labute approximate surface area is 83.1 Å². The molecule has 0 spiro atoms. The molecule has 2 nitrogen and oxygen atoms in total. The van der Waals surface area contributed by atoms with E-state index >= 15 is 0 Å². The number of thioether (sulfide) groups is 1. The summed E-state index contributed by atoms with van der Waals surface area (Å²) >= 11 is 2.03. The molecule has 3 heteroatoms. The van der Waals surface area contributed by atoms with Crippen molar-refractivity contribution >= 4 is 11.8 Å². The van der Waals surface area contributed by atoms with Gasteiger partial charge in [0.2, 0.25) is 0 Å². The maximum absolute atomic E-state index is 4.10. The zero-order valence-electron chi connectivity index (χ0n) is 7.57. The largest absolute Gasteiger partial charge is 0.316 e. The van der Waals surface area contributed by atoms with Crippen LogP contribution < -0.4 is 5.32 Å². The topological polar surface area (TPSA) is 24.9 Å². The Balaban J connectivity index is 1.79. The molecular weight excluding hydrogens is 180 g/mol. The molecule has 0 saturated carbocycles. The smallest absolute Gasteiger partial charge is 0.0308 e. The quantitative estimate of drug-likeness (QED) is 0.792. The Morgan fingerprint density at radius 3 is 3.31 bits per heavy atom. The van der Waals surface area contributed by atoms with E-state index in [0.29, 0.717) is 0 Å². The molecule has 70 valence electrons. The predicted octanol–water partition coefficient (Wildman–Crippen LogP) is 1.68. The van der Waals surface area contributed by atoms with Crippen LogP contribution in [0.4, 0.5) is 0 Å². The summed E-state index contributed by atoms with van der Waals surface area (Å²) in [7, 11) is 0. The van der Waals surface area contributed by atoms with Crippen molar-refractivity contribution in [3.8, 4) is 0 Å².